The van der Waals surface area contributed by atoms with Gasteiger partial charge in [-0.1, -0.05) is 0 Å². The third kappa shape index (κ3) is 1.60. The molecule has 2 heterocycles. The van der Waals surface area contributed by atoms with Gasteiger partial charge in [-0.05, 0) is 22.0 Å². The standard InChI is InChI=1S/C8H7BrN2O2/c9-5-3-6(7(10)11-4-5)8-12-1-2-13-8/h1-4,8H,(H2,10,11). The van der Waals surface area contributed by atoms with E-state index in [-0.39, 0.29) is 0 Å². The van der Waals surface area contributed by atoms with Crippen molar-refractivity contribution < 1.29 is 9.47 Å². The monoisotopic (exact) mass is 242 g/mol. The lowest BCUT2D eigenvalue weighted by Gasteiger charge is -2.11. The molecule has 0 unspecified atom stereocenters. The molecule has 68 valence electrons. The first kappa shape index (κ1) is 8.37. The molecule has 0 bridgehead atoms. The zero-order chi connectivity index (χ0) is 9.26. The molecule has 1 aliphatic heterocycles. The van der Waals surface area contributed by atoms with Crippen LogP contribution >= 0.6 is 15.9 Å². The lowest BCUT2D eigenvalue weighted by Crippen LogP contribution is -2.04. The molecule has 13 heavy (non-hydrogen) atoms. The van der Waals surface area contributed by atoms with Crippen molar-refractivity contribution in [3.05, 3.63) is 34.8 Å². The summed E-state index contributed by atoms with van der Waals surface area (Å²) in [5.41, 5.74) is 6.37. The van der Waals surface area contributed by atoms with Crippen LogP contribution in [-0.4, -0.2) is 4.98 Å². The van der Waals surface area contributed by atoms with Crippen LogP contribution in [-0.2, 0) is 9.47 Å². The first-order valence-electron chi connectivity index (χ1n) is 3.64. The topological polar surface area (TPSA) is 57.4 Å². The average molecular weight is 243 g/mol. The highest BCUT2D eigenvalue weighted by Crippen LogP contribution is 2.29. The lowest BCUT2D eigenvalue weighted by atomic mass is 10.2. The summed E-state index contributed by atoms with van der Waals surface area (Å²) in [6.07, 6.45) is 4.11. The Morgan fingerprint density at radius 2 is 2.08 bits per heavy atom. The van der Waals surface area contributed by atoms with Crippen LogP contribution in [0.25, 0.3) is 0 Å². The molecule has 2 rings (SSSR count). The third-order valence-corrected chi connectivity index (χ3v) is 2.06. The second-order valence-electron chi connectivity index (χ2n) is 2.50. The number of ether oxygens (including phenoxy) is 2. The highest BCUT2D eigenvalue weighted by atomic mass is 79.9. The summed E-state index contributed by atoms with van der Waals surface area (Å²) in [6.45, 7) is 0. The van der Waals surface area contributed by atoms with Crippen molar-refractivity contribution >= 4 is 21.7 Å². The molecule has 1 aliphatic rings. The highest BCUT2D eigenvalue weighted by molar-refractivity contribution is 9.10. The number of aromatic nitrogens is 1. The fraction of sp³-hybridized carbons (Fsp3) is 0.125. The number of halogens is 1. The molecule has 0 aromatic carbocycles. The molecule has 1 aromatic rings. The van der Waals surface area contributed by atoms with Gasteiger partial charge in [-0.3, -0.25) is 0 Å². The van der Waals surface area contributed by atoms with Crippen LogP contribution in [0, 0.1) is 0 Å². The molecule has 5 heteroatoms. The number of pyridine rings is 1. The Morgan fingerprint density at radius 1 is 1.38 bits per heavy atom. The van der Waals surface area contributed by atoms with Gasteiger partial charge in [0.2, 0.25) is 0 Å². The normalized spacial score (nSPS) is 15.5. The van der Waals surface area contributed by atoms with Crippen LogP contribution in [0.1, 0.15) is 11.9 Å². The van der Waals surface area contributed by atoms with Crippen LogP contribution in [0.2, 0.25) is 0 Å². The van der Waals surface area contributed by atoms with Crippen molar-refractivity contribution in [2.45, 2.75) is 6.29 Å². The Kier molecular flexibility index (Phi) is 2.10. The minimum absolute atomic E-state index is 0.414. The molecule has 0 radical (unpaired) electrons. The van der Waals surface area contributed by atoms with Crippen LogP contribution < -0.4 is 5.73 Å². The zero-order valence-corrected chi connectivity index (χ0v) is 8.19. The number of nitrogen functional groups attached to an aromatic ring is 1. The van der Waals surface area contributed by atoms with Gasteiger partial charge in [0.15, 0.2) is 0 Å². The number of hydrogen-bond acceptors (Lipinski definition) is 4. The van der Waals surface area contributed by atoms with E-state index >= 15 is 0 Å². The van der Waals surface area contributed by atoms with Crippen LogP contribution in [0.4, 0.5) is 5.82 Å². The lowest BCUT2D eigenvalue weighted by molar-refractivity contribution is -0.0242. The summed E-state index contributed by atoms with van der Waals surface area (Å²) in [5, 5.41) is 0. The SMILES string of the molecule is Nc1ncc(Br)cc1C1OC=CO1. The Balaban J connectivity index is 2.33. The van der Waals surface area contributed by atoms with Crippen molar-refractivity contribution in [3.8, 4) is 0 Å². The summed E-state index contributed by atoms with van der Waals surface area (Å²) < 4.78 is 11.1. The van der Waals surface area contributed by atoms with Gasteiger partial charge in [-0.25, -0.2) is 4.98 Å². The summed E-state index contributed by atoms with van der Waals surface area (Å²) in [5.74, 6) is 0.414. The minimum atomic E-state index is -0.468. The molecule has 0 atom stereocenters. The van der Waals surface area contributed by atoms with Gasteiger partial charge in [0, 0.05) is 10.7 Å². The van der Waals surface area contributed by atoms with Gasteiger partial charge in [0.25, 0.3) is 6.29 Å². The maximum absolute atomic E-state index is 5.65. The van der Waals surface area contributed by atoms with E-state index in [0.29, 0.717) is 5.82 Å². The van der Waals surface area contributed by atoms with E-state index in [0.717, 1.165) is 10.0 Å². The first-order chi connectivity index (χ1) is 6.27. The van der Waals surface area contributed by atoms with Gasteiger partial charge in [-0.15, -0.1) is 0 Å². The second kappa shape index (κ2) is 3.26. The Hall–Kier alpha value is -1.23. The minimum Gasteiger partial charge on any atom is -0.455 e. The molecule has 2 N–H and O–H groups in total. The molecular weight excluding hydrogens is 236 g/mol. The Bertz CT molecular complexity index is 346. The van der Waals surface area contributed by atoms with E-state index in [1.54, 1.807) is 6.20 Å². The quantitative estimate of drug-likeness (QED) is 0.818. The fourth-order valence-electron chi connectivity index (χ4n) is 1.04. The van der Waals surface area contributed by atoms with Crippen molar-refractivity contribution in [1.82, 2.24) is 4.98 Å². The number of anilines is 1. The number of nitrogens with zero attached hydrogens (tertiary/aromatic N) is 1. The van der Waals surface area contributed by atoms with Gasteiger partial charge in [0.1, 0.15) is 18.3 Å². The predicted octanol–water partition coefficient (Wildman–Crippen LogP) is 1.94. The van der Waals surface area contributed by atoms with E-state index in [1.165, 1.54) is 12.5 Å². The van der Waals surface area contributed by atoms with Gasteiger partial charge < -0.3 is 15.2 Å². The predicted molar refractivity (Wildman–Crippen MR) is 50.4 cm³/mol. The largest absolute Gasteiger partial charge is 0.455 e. The summed E-state index contributed by atoms with van der Waals surface area (Å²) in [6, 6.07) is 1.82. The van der Waals surface area contributed by atoms with Crippen molar-refractivity contribution in [1.29, 1.82) is 0 Å². The van der Waals surface area contributed by atoms with Crippen LogP contribution in [0.5, 0.6) is 0 Å². The third-order valence-electron chi connectivity index (χ3n) is 1.63. The maximum atomic E-state index is 5.65. The van der Waals surface area contributed by atoms with Crippen LogP contribution in [0.15, 0.2) is 29.3 Å². The molecule has 0 saturated carbocycles. The number of rotatable bonds is 1. The fourth-order valence-corrected chi connectivity index (χ4v) is 1.39. The number of nitrogens with two attached hydrogens (primary N) is 1. The second-order valence-corrected chi connectivity index (χ2v) is 3.42. The highest BCUT2D eigenvalue weighted by Gasteiger charge is 2.19. The van der Waals surface area contributed by atoms with E-state index in [1.807, 2.05) is 6.07 Å². The molecule has 1 aromatic heterocycles. The van der Waals surface area contributed by atoms with E-state index in [9.17, 15) is 0 Å². The van der Waals surface area contributed by atoms with Gasteiger partial charge in [0.05, 0.1) is 5.56 Å². The van der Waals surface area contributed by atoms with Crippen LogP contribution in [0.3, 0.4) is 0 Å². The molecule has 0 fully saturated rings. The summed E-state index contributed by atoms with van der Waals surface area (Å²) in [7, 11) is 0. The first-order valence-corrected chi connectivity index (χ1v) is 4.43. The van der Waals surface area contributed by atoms with E-state index in [4.69, 9.17) is 15.2 Å². The molecular formula is C8H7BrN2O2. The van der Waals surface area contributed by atoms with Crippen molar-refractivity contribution in [3.63, 3.8) is 0 Å². The smallest absolute Gasteiger partial charge is 0.269 e. The Labute approximate surface area is 83.5 Å². The number of hydrogen-bond donors (Lipinski definition) is 1. The molecule has 0 aliphatic carbocycles. The van der Waals surface area contributed by atoms with Crippen molar-refractivity contribution in [2.24, 2.45) is 0 Å². The van der Waals surface area contributed by atoms with Gasteiger partial charge in [-0.2, -0.15) is 0 Å². The maximum Gasteiger partial charge on any atom is 0.269 e. The average Bonchev–Trinajstić information content (AvgIpc) is 2.61. The molecule has 4 nitrogen and oxygen atoms in total. The van der Waals surface area contributed by atoms with E-state index < -0.39 is 6.29 Å². The Morgan fingerprint density at radius 3 is 2.77 bits per heavy atom. The molecule has 0 amide bonds. The summed E-state index contributed by atoms with van der Waals surface area (Å²) in [4.78, 5) is 3.97. The zero-order valence-electron chi connectivity index (χ0n) is 6.61. The molecule has 0 saturated heterocycles. The van der Waals surface area contributed by atoms with E-state index in [2.05, 4.69) is 20.9 Å². The summed E-state index contributed by atoms with van der Waals surface area (Å²) >= 11 is 3.29. The van der Waals surface area contributed by atoms with Gasteiger partial charge >= 0.3 is 0 Å². The molecule has 0 spiro atoms. The van der Waals surface area contributed by atoms with Crippen molar-refractivity contribution in [2.75, 3.05) is 5.73 Å².